The molecule has 0 bridgehead atoms. The van der Waals surface area contributed by atoms with Gasteiger partial charge in [0.25, 0.3) is 12.3 Å². The number of hydrogen-bond acceptors (Lipinski definition) is 8. The minimum absolute atomic E-state index is 0.0529. The van der Waals surface area contributed by atoms with Crippen molar-refractivity contribution < 1.29 is 31.5 Å². The maximum atomic E-state index is 14.0. The zero-order chi connectivity index (χ0) is 25.7. The number of pyridine rings is 1. The van der Waals surface area contributed by atoms with Gasteiger partial charge in [0.2, 0.25) is 17.5 Å². The summed E-state index contributed by atoms with van der Waals surface area (Å²) in [4.78, 5) is 34.6. The zero-order valence-electron chi connectivity index (χ0n) is 19.1. The van der Waals surface area contributed by atoms with Crippen molar-refractivity contribution in [2.75, 3.05) is 13.7 Å². The van der Waals surface area contributed by atoms with Gasteiger partial charge >= 0.3 is 0 Å². The first-order valence-corrected chi connectivity index (χ1v) is 11.1. The Bertz CT molecular complexity index is 1610. The highest BCUT2D eigenvalue weighted by molar-refractivity contribution is 5.93. The van der Waals surface area contributed by atoms with Crippen LogP contribution >= 0.6 is 0 Å². The minimum Gasteiger partial charge on any atom is -0.495 e. The predicted octanol–water partition coefficient (Wildman–Crippen LogP) is 4.47. The number of halogens is 3. The normalized spacial score (nSPS) is 15.4. The molecule has 1 N–H and O–H groups in total. The Balaban J connectivity index is 1.43. The Labute approximate surface area is 206 Å². The van der Waals surface area contributed by atoms with E-state index in [-0.39, 0.29) is 29.5 Å². The highest BCUT2D eigenvalue weighted by atomic mass is 19.3. The third kappa shape index (κ3) is 3.88. The summed E-state index contributed by atoms with van der Waals surface area (Å²) in [5.74, 6) is -1.73. The highest BCUT2D eigenvalue weighted by Crippen LogP contribution is 2.37. The Kier molecular flexibility index (Phi) is 5.39. The van der Waals surface area contributed by atoms with Gasteiger partial charge in [0.05, 0.1) is 25.3 Å². The maximum absolute atomic E-state index is 14.0. The number of imidazole rings is 1. The first kappa shape index (κ1) is 22.8. The molecule has 188 valence electrons. The summed E-state index contributed by atoms with van der Waals surface area (Å²) in [6, 6.07) is 5.90. The van der Waals surface area contributed by atoms with Gasteiger partial charge in [-0.05, 0) is 24.3 Å². The lowest BCUT2D eigenvalue weighted by atomic mass is 10.0. The lowest BCUT2D eigenvalue weighted by Crippen LogP contribution is -2.41. The summed E-state index contributed by atoms with van der Waals surface area (Å²) in [5.41, 5.74) is 1.04. The van der Waals surface area contributed by atoms with E-state index >= 15 is 0 Å². The number of aromatic amines is 1. The van der Waals surface area contributed by atoms with E-state index in [1.54, 1.807) is 6.07 Å². The summed E-state index contributed by atoms with van der Waals surface area (Å²) >= 11 is 0. The third-order valence-electron chi connectivity index (χ3n) is 6.03. The molecule has 1 amide bonds. The number of carbonyl (C=O) groups excluding carboxylic acids is 1. The summed E-state index contributed by atoms with van der Waals surface area (Å²) in [6.07, 6.45) is 0.114. The van der Waals surface area contributed by atoms with E-state index in [1.165, 1.54) is 48.8 Å². The van der Waals surface area contributed by atoms with Crippen LogP contribution in [-0.2, 0) is 6.42 Å². The molecule has 37 heavy (non-hydrogen) atoms. The largest absolute Gasteiger partial charge is 0.495 e. The number of H-pyrrole nitrogens is 1. The zero-order valence-corrected chi connectivity index (χ0v) is 19.1. The Hall–Kier alpha value is -4.68. The summed E-state index contributed by atoms with van der Waals surface area (Å²) < 4.78 is 58.1. The van der Waals surface area contributed by atoms with Crippen molar-refractivity contribution in [3.63, 3.8) is 0 Å². The van der Waals surface area contributed by atoms with Gasteiger partial charge in [-0.1, -0.05) is 0 Å². The second-order valence-corrected chi connectivity index (χ2v) is 8.20. The molecule has 0 fully saturated rings. The Morgan fingerprint density at radius 2 is 2.05 bits per heavy atom. The molecule has 1 aliphatic rings. The van der Waals surface area contributed by atoms with Crippen LogP contribution < -0.4 is 4.74 Å². The third-order valence-corrected chi connectivity index (χ3v) is 6.03. The lowest BCUT2D eigenvalue weighted by molar-refractivity contribution is 0.0621. The number of nitrogens with one attached hydrogen (secondary N) is 1. The second-order valence-electron chi connectivity index (χ2n) is 8.20. The quantitative estimate of drug-likeness (QED) is 0.367. The van der Waals surface area contributed by atoms with Gasteiger partial charge in [-0.15, -0.1) is 0 Å². The molecule has 13 heteroatoms. The molecule has 0 radical (unpaired) electrons. The van der Waals surface area contributed by atoms with E-state index < -0.39 is 35.6 Å². The molecule has 1 atom stereocenters. The van der Waals surface area contributed by atoms with Gasteiger partial charge in [0, 0.05) is 24.7 Å². The van der Waals surface area contributed by atoms with Crippen LogP contribution in [0.25, 0.3) is 22.7 Å². The van der Waals surface area contributed by atoms with Crippen LogP contribution in [-0.4, -0.2) is 49.4 Å². The molecule has 0 aliphatic carbocycles. The second kappa shape index (κ2) is 8.76. The number of amides is 1. The summed E-state index contributed by atoms with van der Waals surface area (Å²) in [5, 5.41) is 0. The average Bonchev–Trinajstić information content (AvgIpc) is 3.65. The number of methoxy groups -OCH3 is 1. The number of ether oxygens (including phenoxy) is 1. The first-order valence-electron chi connectivity index (χ1n) is 11.1. The van der Waals surface area contributed by atoms with Crippen LogP contribution in [0.3, 0.4) is 0 Å². The monoisotopic (exact) mass is 510 g/mol. The van der Waals surface area contributed by atoms with Crippen LogP contribution in [0, 0.1) is 5.82 Å². The van der Waals surface area contributed by atoms with Gasteiger partial charge in [0.1, 0.15) is 22.8 Å². The fraction of sp³-hybridized carbons (Fsp3) is 0.208. The molecule has 10 nitrogen and oxygen atoms in total. The van der Waals surface area contributed by atoms with Gasteiger partial charge < -0.3 is 23.5 Å². The van der Waals surface area contributed by atoms with Crippen molar-refractivity contribution in [1.82, 2.24) is 29.8 Å². The Morgan fingerprint density at radius 1 is 1.19 bits per heavy atom. The molecular weight excluding hydrogens is 493 g/mol. The molecule has 0 saturated heterocycles. The van der Waals surface area contributed by atoms with Crippen molar-refractivity contribution in [2.24, 2.45) is 0 Å². The van der Waals surface area contributed by atoms with Crippen molar-refractivity contribution in [1.29, 1.82) is 0 Å². The van der Waals surface area contributed by atoms with Crippen LogP contribution in [0.2, 0.25) is 0 Å². The molecule has 1 aliphatic heterocycles. The van der Waals surface area contributed by atoms with E-state index in [0.717, 1.165) is 5.69 Å². The van der Waals surface area contributed by atoms with E-state index in [4.69, 9.17) is 13.6 Å². The molecule has 5 aromatic rings. The molecule has 0 saturated carbocycles. The predicted molar refractivity (Wildman–Crippen MR) is 120 cm³/mol. The topological polar surface area (TPSA) is 123 Å². The standard InChI is InChI=1S/C24H17F3N6O4/c1-35-12-3-4-14(28-9-12)22-32-18(21(26)27)20(37-22)24(34)33-7-6-13-17(30-10-29-13)19(33)23-31-15-8-11(25)2-5-16(15)36-23/h2-5,8-10,19,21H,6-7H2,1H3,(H,29,30)/t19-/m0/s1. The van der Waals surface area contributed by atoms with Gasteiger partial charge in [-0.2, -0.15) is 0 Å². The van der Waals surface area contributed by atoms with E-state index in [1.807, 2.05) is 0 Å². The number of aromatic nitrogens is 5. The SMILES string of the molecule is COc1ccc(-c2nc(C(F)F)c(C(=O)N3CCc4[nH]cnc4[C@H]3c3nc4cc(F)ccc4o3)o2)nc1. The summed E-state index contributed by atoms with van der Waals surface area (Å²) in [6.45, 7) is 0.116. The fourth-order valence-corrected chi connectivity index (χ4v) is 4.28. The highest BCUT2D eigenvalue weighted by Gasteiger charge is 2.41. The summed E-state index contributed by atoms with van der Waals surface area (Å²) in [7, 11) is 1.46. The Morgan fingerprint density at radius 3 is 2.81 bits per heavy atom. The molecule has 1 aromatic carbocycles. The van der Waals surface area contributed by atoms with Crippen LogP contribution in [0.4, 0.5) is 13.2 Å². The number of carbonyl (C=O) groups is 1. The van der Waals surface area contributed by atoms with Crippen LogP contribution in [0.1, 0.15) is 46.0 Å². The molecule has 4 aromatic heterocycles. The van der Waals surface area contributed by atoms with E-state index in [2.05, 4.69) is 24.9 Å². The van der Waals surface area contributed by atoms with E-state index in [9.17, 15) is 18.0 Å². The smallest absolute Gasteiger partial charge is 0.292 e. The van der Waals surface area contributed by atoms with Crippen LogP contribution in [0.15, 0.2) is 51.7 Å². The minimum atomic E-state index is -3.09. The molecule has 0 spiro atoms. The van der Waals surface area contributed by atoms with Crippen LogP contribution in [0.5, 0.6) is 5.75 Å². The number of alkyl halides is 2. The van der Waals surface area contributed by atoms with Crippen molar-refractivity contribution in [2.45, 2.75) is 18.9 Å². The molecule has 6 rings (SSSR count). The first-order chi connectivity index (χ1) is 17.9. The molecular formula is C24H17F3N6O4. The maximum Gasteiger partial charge on any atom is 0.292 e. The van der Waals surface area contributed by atoms with Crippen molar-refractivity contribution in [3.8, 4) is 17.3 Å². The van der Waals surface area contributed by atoms with Crippen molar-refractivity contribution >= 4 is 17.0 Å². The molecule has 0 unspecified atom stereocenters. The fourth-order valence-electron chi connectivity index (χ4n) is 4.28. The number of hydrogen-bond donors (Lipinski definition) is 1. The van der Waals surface area contributed by atoms with Gasteiger partial charge in [-0.3, -0.25) is 4.79 Å². The van der Waals surface area contributed by atoms with Gasteiger partial charge in [0.15, 0.2) is 17.3 Å². The number of nitrogens with zero attached hydrogens (tertiary/aromatic N) is 5. The number of fused-ring (bicyclic) bond motifs is 2. The lowest BCUT2D eigenvalue weighted by Gasteiger charge is -2.32. The van der Waals surface area contributed by atoms with Gasteiger partial charge in [-0.25, -0.2) is 33.1 Å². The van der Waals surface area contributed by atoms with E-state index in [0.29, 0.717) is 23.4 Å². The average molecular weight is 510 g/mol. The number of benzene rings is 1. The number of rotatable bonds is 5. The van der Waals surface area contributed by atoms with Crippen molar-refractivity contribution in [3.05, 3.63) is 77.4 Å². The molecule has 5 heterocycles. The number of oxazole rings is 2.